The molecule has 1 saturated heterocycles. The Morgan fingerprint density at radius 2 is 2.12 bits per heavy atom. The number of carbonyl (C=O) groups excluding carboxylic acids is 1. The van der Waals surface area contributed by atoms with Gasteiger partial charge < -0.3 is 20.1 Å². The fraction of sp³-hybridized carbons (Fsp3) is 0.375. The van der Waals surface area contributed by atoms with Crippen molar-refractivity contribution in [3.8, 4) is 6.01 Å². The fourth-order valence-corrected chi connectivity index (χ4v) is 3.99. The highest BCUT2D eigenvalue weighted by Crippen LogP contribution is 2.23. The van der Waals surface area contributed by atoms with Crippen LogP contribution >= 0.6 is 0 Å². The standard InChI is InChI=1S/C24H29N5O3/c1-25-19-8-9-21-18(12-19)13-26-24(27-21)32-16-23(31)28(2)22(17-6-4-3-5-7-17)15-29-11-10-20(30)14-29/h3-9,12-13,20,22,25,30H,10-11,14-16H2,1-2H3/t20-,22+/m0/s1. The van der Waals surface area contributed by atoms with E-state index in [-0.39, 0.29) is 30.7 Å². The summed E-state index contributed by atoms with van der Waals surface area (Å²) in [7, 11) is 3.65. The summed E-state index contributed by atoms with van der Waals surface area (Å²) in [4.78, 5) is 25.5. The van der Waals surface area contributed by atoms with E-state index < -0.39 is 0 Å². The van der Waals surface area contributed by atoms with Crippen molar-refractivity contribution in [2.45, 2.75) is 18.6 Å². The summed E-state index contributed by atoms with van der Waals surface area (Å²) in [6, 6.07) is 15.8. The Kier molecular flexibility index (Phi) is 6.82. The molecule has 2 heterocycles. The molecule has 1 fully saturated rings. The second-order valence-corrected chi connectivity index (χ2v) is 8.10. The summed E-state index contributed by atoms with van der Waals surface area (Å²) >= 11 is 0. The quantitative estimate of drug-likeness (QED) is 0.561. The number of anilines is 1. The van der Waals surface area contributed by atoms with Crippen LogP contribution < -0.4 is 10.1 Å². The van der Waals surface area contributed by atoms with Crippen molar-refractivity contribution < 1.29 is 14.6 Å². The Hall–Kier alpha value is -3.23. The molecular weight excluding hydrogens is 406 g/mol. The van der Waals surface area contributed by atoms with Gasteiger partial charge in [-0.05, 0) is 30.2 Å². The molecular formula is C24H29N5O3. The Morgan fingerprint density at radius 3 is 2.84 bits per heavy atom. The highest BCUT2D eigenvalue weighted by atomic mass is 16.5. The molecule has 32 heavy (non-hydrogen) atoms. The van der Waals surface area contributed by atoms with E-state index in [1.54, 1.807) is 18.1 Å². The van der Waals surface area contributed by atoms with Gasteiger partial charge in [0.25, 0.3) is 5.91 Å². The third-order valence-electron chi connectivity index (χ3n) is 5.90. The van der Waals surface area contributed by atoms with Gasteiger partial charge in [-0.2, -0.15) is 4.98 Å². The molecule has 4 rings (SSSR count). The summed E-state index contributed by atoms with van der Waals surface area (Å²) in [6.45, 7) is 1.96. The van der Waals surface area contributed by atoms with E-state index in [1.165, 1.54) is 0 Å². The highest BCUT2D eigenvalue weighted by molar-refractivity contribution is 5.82. The van der Waals surface area contributed by atoms with Crippen molar-refractivity contribution in [2.75, 3.05) is 45.7 Å². The fourth-order valence-electron chi connectivity index (χ4n) is 3.99. The molecule has 2 N–H and O–H groups in total. The zero-order valence-corrected chi connectivity index (χ0v) is 18.4. The number of aliphatic hydroxyl groups is 1. The maximum absolute atomic E-state index is 13.0. The monoisotopic (exact) mass is 435 g/mol. The molecule has 2 atom stereocenters. The lowest BCUT2D eigenvalue weighted by atomic mass is 10.0. The second kappa shape index (κ2) is 9.93. The summed E-state index contributed by atoms with van der Waals surface area (Å²) in [5.41, 5.74) is 2.78. The van der Waals surface area contributed by atoms with Crippen LogP contribution in [0.1, 0.15) is 18.0 Å². The molecule has 2 aromatic carbocycles. The number of benzene rings is 2. The maximum atomic E-state index is 13.0. The van der Waals surface area contributed by atoms with Gasteiger partial charge in [-0.25, -0.2) is 4.98 Å². The number of ether oxygens (including phenoxy) is 1. The van der Waals surface area contributed by atoms with Crippen molar-refractivity contribution in [2.24, 2.45) is 0 Å². The number of hydrogen-bond donors (Lipinski definition) is 2. The van der Waals surface area contributed by atoms with E-state index in [0.717, 1.165) is 35.1 Å². The SMILES string of the molecule is CNc1ccc2nc(OCC(=O)N(C)[C@H](CN3CC[C@H](O)C3)c3ccccc3)ncc2c1. The maximum Gasteiger partial charge on any atom is 0.317 e. The van der Waals surface area contributed by atoms with Crippen LogP contribution in [0.25, 0.3) is 10.9 Å². The van der Waals surface area contributed by atoms with Crippen LogP contribution in [0.5, 0.6) is 6.01 Å². The van der Waals surface area contributed by atoms with Gasteiger partial charge in [0.2, 0.25) is 0 Å². The number of amides is 1. The van der Waals surface area contributed by atoms with Gasteiger partial charge in [-0.3, -0.25) is 9.69 Å². The minimum Gasteiger partial charge on any atom is -0.453 e. The third-order valence-corrected chi connectivity index (χ3v) is 5.90. The second-order valence-electron chi connectivity index (χ2n) is 8.10. The summed E-state index contributed by atoms with van der Waals surface area (Å²) in [5, 5.41) is 13.9. The van der Waals surface area contributed by atoms with Gasteiger partial charge in [0.1, 0.15) is 0 Å². The van der Waals surface area contributed by atoms with Crippen molar-refractivity contribution in [3.05, 3.63) is 60.3 Å². The van der Waals surface area contributed by atoms with Crippen molar-refractivity contribution in [1.82, 2.24) is 19.8 Å². The van der Waals surface area contributed by atoms with E-state index in [2.05, 4.69) is 20.2 Å². The molecule has 168 valence electrons. The van der Waals surface area contributed by atoms with Gasteiger partial charge in [0, 0.05) is 51.0 Å². The van der Waals surface area contributed by atoms with Crippen LogP contribution in [0.4, 0.5) is 5.69 Å². The zero-order valence-electron chi connectivity index (χ0n) is 18.4. The zero-order chi connectivity index (χ0) is 22.5. The van der Waals surface area contributed by atoms with Gasteiger partial charge in [-0.15, -0.1) is 0 Å². The lowest BCUT2D eigenvalue weighted by Crippen LogP contribution is -2.41. The van der Waals surface area contributed by atoms with E-state index in [9.17, 15) is 9.90 Å². The van der Waals surface area contributed by atoms with Crippen molar-refractivity contribution in [3.63, 3.8) is 0 Å². The molecule has 0 saturated carbocycles. The number of rotatable bonds is 8. The number of fused-ring (bicyclic) bond motifs is 1. The first kappa shape index (κ1) is 22.0. The number of aliphatic hydroxyl groups excluding tert-OH is 1. The number of likely N-dealkylation sites (tertiary alicyclic amines) is 1. The normalized spacial score (nSPS) is 17.3. The molecule has 3 aromatic rings. The Bertz CT molecular complexity index is 1060. The molecule has 1 aliphatic rings. The van der Waals surface area contributed by atoms with Crippen LogP contribution in [0.3, 0.4) is 0 Å². The Morgan fingerprint density at radius 1 is 1.31 bits per heavy atom. The highest BCUT2D eigenvalue weighted by Gasteiger charge is 2.28. The topological polar surface area (TPSA) is 90.8 Å². The van der Waals surface area contributed by atoms with E-state index >= 15 is 0 Å². The number of hydrogen-bond acceptors (Lipinski definition) is 7. The lowest BCUT2D eigenvalue weighted by molar-refractivity contribution is -0.134. The summed E-state index contributed by atoms with van der Waals surface area (Å²) < 4.78 is 5.64. The average molecular weight is 436 g/mol. The van der Waals surface area contributed by atoms with Crippen LogP contribution in [0.2, 0.25) is 0 Å². The summed E-state index contributed by atoms with van der Waals surface area (Å²) in [5.74, 6) is -0.159. The molecule has 0 radical (unpaired) electrons. The molecule has 8 nitrogen and oxygen atoms in total. The van der Waals surface area contributed by atoms with Crippen LogP contribution in [-0.4, -0.2) is 77.2 Å². The third kappa shape index (κ3) is 5.15. The predicted octanol–water partition coefficient (Wildman–Crippen LogP) is 2.32. The molecule has 0 aliphatic carbocycles. The minimum absolute atomic E-state index is 0.143. The Labute approximate surface area is 187 Å². The first-order valence-electron chi connectivity index (χ1n) is 10.8. The number of aromatic nitrogens is 2. The lowest BCUT2D eigenvalue weighted by Gasteiger charge is -2.32. The molecule has 0 bridgehead atoms. The average Bonchev–Trinajstić information content (AvgIpc) is 3.25. The van der Waals surface area contributed by atoms with Crippen LogP contribution in [0.15, 0.2) is 54.7 Å². The summed E-state index contributed by atoms with van der Waals surface area (Å²) in [6.07, 6.45) is 2.15. The molecule has 1 aromatic heterocycles. The largest absolute Gasteiger partial charge is 0.453 e. The molecule has 0 spiro atoms. The molecule has 1 aliphatic heterocycles. The number of nitrogens with zero attached hydrogens (tertiary/aromatic N) is 4. The van der Waals surface area contributed by atoms with Gasteiger partial charge in [0.15, 0.2) is 6.61 Å². The van der Waals surface area contributed by atoms with Gasteiger partial charge in [-0.1, -0.05) is 30.3 Å². The first-order valence-corrected chi connectivity index (χ1v) is 10.8. The number of nitrogens with one attached hydrogen (secondary N) is 1. The molecule has 8 heteroatoms. The van der Waals surface area contributed by atoms with Crippen LogP contribution in [-0.2, 0) is 4.79 Å². The van der Waals surface area contributed by atoms with E-state index in [0.29, 0.717) is 13.1 Å². The number of likely N-dealkylation sites (N-methyl/N-ethyl adjacent to an activating group) is 1. The predicted molar refractivity (Wildman–Crippen MR) is 124 cm³/mol. The molecule has 0 unspecified atom stereocenters. The van der Waals surface area contributed by atoms with Crippen molar-refractivity contribution in [1.29, 1.82) is 0 Å². The Balaban J connectivity index is 1.43. The van der Waals surface area contributed by atoms with E-state index in [4.69, 9.17) is 4.74 Å². The van der Waals surface area contributed by atoms with Crippen LogP contribution in [0, 0.1) is 0 Å². The van der Waals surface area contributed by atoms with Gasteiger partial charge in [0.05, 0.1) is 17.7 Å². The first-order chi connectivity index (χ1) is 15.5. The number of carbonyl (C=O) groups is 1. The smallest absolute Gasteiger partial charge is 0.317 e. The van der Waals surface area contributed by atoms with Gasteiger partial charge >= 0.3 is 6.01 Å². The van der Waals surface area contributed by atoms with E-state index in [1.807, 2.05) is 55.6 Å². The number of β-amino-alcohol motifs (C(OH)–C–C–N with tert-alkyl or cyclic N) is 1. The molecule has 1 amide bonds. The minimum atomic E-state index is -0.301. The van der Waals surface area contributed by atoms with Crippen molar-refractivity contribution >= 4 is 22.5 Å².